The lowest BCUT2D eigenvalue weighted by atomic mass is 10.0. The Morgan fingerprint density at radius 1 is 1.43 bits per heavy atom. The Balaban J connectivity index is 1.98. The van der Waals surface area contributed by atoms with Gasteiger partial charge in [-0.15, -0.1) is 0 Å². The Morgan fingerprint density at radius 2 is 2.19 bits per heavy atom. The highest BCUT2D eigenvalue weighted by Gasteiger charge is 2.18. The average molecular weight is 379 g/mol. The SMILES string of the molecule is Cc1cc(F)c(Br)cc1NS(=O)(=O)CCC1CCCCN1. The van der Waals surface area contributed by atoms with Gasteiger partial charge in [-0.3, -0.25) is 4.72 Å². The van der Waals surface area contributed by atoms with E-state index in [1.54, 1.807) is 6.92 Å². The summed E-state index contributed by atoms with van der Waals surface area (Å²) in [4.78, 5) is 0. The van der Waals surface area contributed by atoms with Gasteiger partial charge in [0.05, 0.1) is 15.9 Å². The van der Waals surface area contributed by atoms with Crippen molar-refractivity contribution in [3.63, 3.8) is 0 Å². The van der Waals surface area contributed by atoms with Crippen molar-refractivity contribution in [2.45, 2.75) is 38.6 Å². The first kappa shape index (κ1) is 16.7. The second-order valence-corrected chi connectivity index (χ2v) is 8.13. The van der Waals surface area contributed by atoms with E-state index in [4.69, 9.17) is 0 Å². The maximum absolute atomic E-state index is 13.4. The Bertz CT molecular complexity index is 601. The van der Waals surface area contributed by atoms with Gasteiger partial charge in [0.1, 0.15) is 5.82 Å². The van der Waals surface area contributed by atoms with Gasteiger partial charge in [-0.1, -0.05) is 6.42 Å². The van der Waals surface area contributed by atoms with Crippen LogP contribution in [0.3, 0.4) is 0 Å². The monoisotopic (exact) mass is 378 g/mol. The minimum Gasteiger partial charge on any atom is -0.314 e. The van der Waals surface area contributed by atoms with Gasteiger partial charge in [0.25, 0.3) is 0 Å². The third kappa shape index (κ3) is 4.93. The number of piperidine rings is 1. The maximum atomic E-state index is 13.4. The summed E-state index contributed by atoms with van der Waals surface area (Å²) in [5.41, 5.74) is 0.981. The molecule has 0 spiro atoms. The lowest BCUT2D eigenvalue weighted by molar-refractivity contribution is 0.393. The summed E-state index contributed by atoms with van der Waals surface area (Å²) < 4.78 is 40.4. The smallest absolute Gasteiger partial charge is 0.232 e. The van der Waals surface area contributed by atoms with E-state index < -0.39 is 15.8 Å². The molecule has 1 heterocycles. The van der Waals surface area contributed by atoms with Crippen LogP contribution in [0.2, 0.25) is 0 Å². The first-order valence-electron chi connectivity index (χ1n) is 7.07. The largest absolute Gasteiger partial charge is 0.314 e. The molecule has 21 heavy (non-hydrogen) atoms. The van der Waals surface area contributed by atoms with Crippen LogP contribution in [0.5, 0.6) is 0 Å². The van der Waals surface area contributed by atoms with Crippen LogP contribution >= 0.6 is 15.9 Å². The molecule has 0 amide bonds. The zero-order chi connectivity index (χ0) is 15.5. The van der Waals surface area contributed by atoms with Crippen molar-refractivity contribution in [1.82, 2.24) is 5.32 Å². The summed E-state index contributed by atoms with van der Waals surface area (Å²) >= 11 is 3.07. The third-order valence-corrected chi connectivity index (χ3v) is 5.59. The standard InChI is InChI=1S/C14H20BrFN2O2S/c1-10-8-13(16)12(15)9-14(10)18-21(19,20)7-5-11-4-2-3-6-17-11/h8-9,11,17-18H,2-7H2,1H3. The molecule has 2 rings (SSSR count). The number of halogens is 2. The van der Waals surface area contributed by atoms with Gasteiger partial charge in [-0.05, 0) is 66.4 Å². The van der Waals surface area contributed by atoms with Crippen molar-refractivity contribution in [3.05, 3.63) is 28.0 Å². The van der Waals surface area contributed by atoms with Crippen molar-refractivity contribution in [2.75, 3.05) is 17.0 Å². The van der Waals surface area contributed by atoms with Crippen LogP contribution in [0.4, 0.5) is 10.1 Å². The number of benzene rings is 1. The molecule has 1 atom stereocenters. The van der Waals surface area contributed by atoms with E-state index in [2.05, 4.69) is 26.0 Å². The van der Waals surface area contributed by atoms with Gasteiger partial charge < -0.3 is 5.32 Å². The lowest BCUT2D eigenvalue weighted by Gasteiger charge is -2.23. The molecule has 4 nitrogen and oxygen atoms in total. The molecule has 1 aromatic carbocycles. The van der Waals surface area contributed by atoms with Crippen LogP contribution in [0.1, 0.15) is 31.2 Å². The predicted molar refractivity (Wildman–Crippen MR) is 86.5 cm³/mol. The normalized spacial score (nSPS) is 19.5. The van der Waals surface area contributed by atoms with E-state index in [9.17, 15) is 12.8 Å². The molecule has 0 saturated carbocycles. The Labute approximate surface area is 133 Å². The van der Waals surface area contributed by atoms with E-state index in [1.807, 2.05) is 0 Å². The summed E-state index contributed by atoms with van der Waals surface area (Å²) in [5, 5.41) is 3.33. The molecular formula is C14H20BrFN2O2S. The number of sulfonamides is 1. The summed E-state index contributed by atoms with van der Waals surface area (Å²) in [5.74, 6) is -0.333. The van der Waals surface area contributed by atoms with Gasteiger partial charge in [0, 0.05) is 6.04 Å². The first-order valence-corrected chi connectivity index (χ1v) is 9.51. The molecule has 1 aliphatic rings. The van der Waals surface area contributed by atoms with Crippen molar-refractivity contribution in [3.8, 4) is 0 Å². The van der Waals surface area contributed by atoms with Crippen LogP contribution in [-0.4, -0.2) is 26.8 Å². The van der Waals surface area contributed by atoms with Gasteiger partial charge in [0.2, 0.25) is 10.0 Å². The molecule has 1 saturated heterocycles. The van der Waals surface area contributed by atoms with Gasteiger partial charge in [-0.25, -0.2) is 12.8 Å². The fourth-order valence-corrected chi connectivity index (χ4v) is 4.04. The minimum atomic E-state index is -3.42. The van der Waals surface area contributed by atoms with Crippen molar-refractivity contribution in [1.29, 1.82) is 0 Å². The number of nitrogens with one attached hydrogen (secondary N) is 2. The number of aryl methyl sites for hydroxylation is 1. The van der Waals surface area contributed by atoms with Crippen molar-refractivity contribution >= 4 is 31.6 Å². The van der Waals surface area contributed by atoms with Gasteiger partial charge >= 0.3 is 0 Å². The molecule has 1 aliphatic heterocycles. The van der Waals surface area contributed by atoms with E-state index in [-0.39, 0.29) is 16.3 Å². The second kappa shape index (κ2) is 7.07. The van der Waals surface area contributed by atoms with Gasteiger partial charge in [0.15, 0.2) is 0 Å². The lowest BCUT2D eigenvalue weighted by Crippen LogP contribution is -2.36. The second-order valence-electron chi connectivity index (χ2n) is 5.44. The number of hydrogen-bond donors (Lipinski definition) is 2. The fraction of sp³-hybridized carbons (Fsp3) is 0.571. The number of anilines is 1. The van der Waals surface area contributed by atoms with Crippen LogP contribution in [-0.2, 0) is 10.0 Å². The Hall–Kier alpha value is -0.660. The van der Waals surface area contributed by atoms with E-state index in [0.29, 0.717) is 17.7 Å². The molecule has 1 unspecified atom stereocenters. The molecule has 0 bridgehead atoms. The molecule has 0 radical (unpaired) electrons. The van der Waals surface area contributed by atoms with Gasteiger partial charge in [-0.2, -0.15) is 0 Å². The van der Waals surface area contributed by atoms with Crippen LogP contribution < -0.4 is 10.0 Å². The highest BCUT2D eigenvalue weighted by Crippen LogP contribution is 2.25. The third-order valence-electron chi connectivity index (χ3n) is 3.68. The topological polar surface area (TPSA) is 58.2 Å². The summed E-state index contributed by atoms with van der Waals surface area (Å²) in [6.45, 7) is 2.64. The molecule has 7 heteroatoms. The predicted octanol–water partition coefficient (Wildman–Crippen LogP) is 3.17. The Kier molecular flexibility index (Phi) is 5.62. The Morgan fingerprint density at radius 3 is 2.86 bits per heavy atom. The van der Waals surface area contributed by atoms with Crippen molar-refractivity contribution < 1.29 is 12.8 Å². The summed E-state index contributed by atoms with van der Waals surface area (Å²) in [6, 6.07) is 3.04. The van der Waals surface area contributed by atoms with Crippen molar-refractivity contribution in [2.24, 2.45) is 0 Å². The summed E-state index contributed by atoms with van der Waals surface area (Å²) in [6.07, 6.45) is 3.92. The van der Waals surface area contributed by atoms with E-state index >= 15 is 0 Å². The zero-order valence-corrected chi connectivity index (χ0v) is 14.4. The van der Waals surface area contributed by atoms with Crippen LogP contribution in [0.25, 0.3) is 0 Å². The number of hydrogen-bond acceptors (Lipinski definition) is 3. The van der Waals surface area contributed by atoms with Crippen LogP contribution in [0.15, 0.2) is 16.6 Å². The number of rotatable bonds is 5. The average Bonchev–Trinajstić information content (AvgIpc) is 2.44. The van der Waals surface area contributed by atoms with Crippen LogP contribution in [0, 0.1) is 12.7 Å². The van der Waals surface area contributed by atoms with E-state index in [0.717, 1.165) is 25.8 Å². The molecule has 0 aliphatic carbocycles. The van der Waals surface area contributed by atoms with E-state index in [1.165, 1.54) is 12.1 Å². The molecular weight excluding hydrogens is 359 g/mol. The zero-order valence-electron chi connectivity index (χ0n) is 12.0. The highest BCUT2D eigenvalue weighted by atomic mass is 79.9. The quantitative estimate of drug-likeness (QED) is 0.826. The molecule has 118 valence electrons. The molecule has 1 fully saturated rings. The fourth-order valence-electron chi connectivity index (χ4n) is 2.44. The molecule has 0 aromatic heterocycles. The molecule has 1 aromatic rings. The minimum absolute atomic E-state index is 0.0686. The maximum Gasteiger partial charge on any atom is 0.232 e. The summed E-state index contributed by atoms with van der Waals surface area (Å²) in [7, 11) is -3.42. The molecule has 2 N–H and O–H groups in total. The highest BCUT2D eigenvalue weighted by molar-refractivity contribution is 9.10. The first-order chi connectivity index (χ1) is 9.87.